The van der Waals surface area contributed by atoms with Crippen molar-refractivity contribution in [2.75, 3.05) is 18.1 Å². The highest BCUT2D eigenvalue weighted by Gasteiger charge is 2.48. The predicted molar refractivity (Wildman–Crippen MR) is 167 cm³/mol. The van der Waals surface area contributed by atoms with Gasteiger partial charge >= 0.3 is 5.91 Å². The van der Waals surface area contributed by atoms with Gasteiger partial charge in [-0.1, -0.05) is 37.3 Å². The Morgan fingerprint density at radius 1 is 1.09 bits per heavy atom. The Kier molecular flexibility index (Phi) is 7.83. The van der Waals surface area contributed by atoms with Crippen LogP contribution >= 0.6 is 11.3 Å². The van der Waals surface area contributed by atoms with Crippen molar-refractivity contribution in [2.24, 2.45) is 5.92 Å². The van der Waals surface area contributed by atoms with Crippen LogP contribution in [0.15, 0.2) is 66.2 Å². The molecule has 2 aliphatic heterocycles. The number of ether oxygens (including phenoxy) is 3. The third kappa shape index (κ3) is 5.57. The number of nitrogens with zero attached hydrogens (tertiary/aromatic N) is 2. The monoisotopic (exact) mass is 598 g/mol. The highest BCUT2D eigenvalue weighted by molar-refractivity contribution is 7.22. The largest absolute Gasteiger partial charge is 0.507 e. The molecule has 6 rings (SSSR count). The molecule has 0 spiro atoms. The van der Waals surface area contributed by atoms with Gasteiger partial charge in [-0.3, -0.25) is 14.5 Å². The molecule has 3 aromatic carbocycles. The van der Waals surface area contributed by atoms with E-state index < -0.39 is 17.7 Å². The predicted octanol–water partition coefficient (Wildman–Crippen LogP) is 7.07. The van der Waals surface area contributed by atoms with Gasteiger partial charge in [0.05, 0.1) is 35.0 Å². The molecule has 2 aliphatic rings. The van der Waals surface area contributed by atoms with Gasteiger partial charge in [0.25, 0.3) is 5.78 Å². The molecular formula is C34H34N2O6S. The van der Waals surface area contributed by atoms with E-state index in [1.165, 1.54) is 16.2 Å². The van der Waals surface area contributed by atoms with Crippen LogP contribution in [0.1, 0.15) is 56.8 Å². The van der Waals surface area contributed by atoms with E-state index >= 15 is 0 Å². The molecule has 0 saturated carbocycles. The number of aromatic nitrogens is 1. The highest BCUT2D eigenvalue weighted by Crippen LogP contribution is 2.45. The quantitative estimate of drug-likeness (QED) is 0.125. The molecule has 1 N–H and O–H groups in total. The number of carbonyl (C=O) groups excluding carboxylic acids is 2. The Morgan fingerprint density at radius 3 is 2.70 bits per heavy atom. The van der Waals surface area contributed by atoms with Crippen molar-refractivity contribution in [3.63, 3.8) is 0 Å². The van der Waals surface area contributed by atoms with Crippen LogP contribution in [0.25, 0.3) is 16.0 Å². The number of hydrogen-bond donors (Lipinski definition) is 1. The lowest BCUT2D eigenvalue weighted by Gasteiger charge is -2.23. The summed E-state index contributed by atoms with van der Waals surface area (Å²) in [4.78, 5) is 33.6. The van der Waals surface area contributed by atoms with Crippen LogP contribution < -0.4 is 19.1 Å². The summed E-state index contributed by atoms with van der Waals surface area (Å²) in [5.74, 6) is 0.807. The number of carbonyl (C=O) groups is 2. The normalized spacial score (nSPS) is 19.2. The van der Waals surface area contributed by atoms with E-state index in [0.29, 0.717) is 58.8 Å². The Balaban J connectivity index is 1.47. The SMILES string of the molecule is CCOc1ccc2nc(N3C(=O)C(=O)C(=C(O)c4ccc5c(c4)C[C@@H](C)O5)[C@@H]3c3cccc(OCCC(C)C)c3)sc2c1. The van der Waals surface area contributed by atoms with E-state index in [4.69, 9.17) is 19.2 Å². The number of Topliss-reactive ketones (excluding diaryl/α,β-unsaturated/α-hetero) is 1. The van der Waals surface area contributed by atoms with Crippen molar-refractivity contribution in [3.8, 4) is 17.2 Å². The van der Waals surface area contributed by atoms with E-state index in [0.717, 1.165) is 22.4 Å². The average molecular weight is 599 g/mol. The van der Waals surface area contributed by atoms with Gasteiger partial charge in [-0.25, -0.2) is 4.98 Å². The van der Waals surface area contributed by atoms with Crippen LogP contribution in [-0.4, -0.2) is 41.1 Å². The fourth-order valence-electron chi connectivity index (χ4n) is 5.51. The standard InChI is InChI=1S/C34H34N2O6S/c1-5-40-25-10-11-26-28(18-25)43-34(35-26)36-30(21-7-6-8-24(17-21)41-14-13-19(2)3)29(32(38)33(36)39)31(37)22-9-12-27-23(16-22)15-20(4)42-27/h6-12,16-20,30,37H,5,13-15H2,1-4H3/t20-,30+/m1/s1. The lowest BCUT2D eigenvalue weighted by molar-refractivity contribution is -0.132. The summed E-state index contributed by atoms with van der Waals surface area (Å²) in [6.45, 7) is 9.22. The first-order valence-corrected chi connectivity index (χ1v) is 15.4. The average Bonchev–Trinajstić information content (AvgIpc) is 3.64. The number of rotatable bonds is 9. The lowest BCUT2D eigenvalue weighted by Crippen LogP contribution is -2.29. The summed E-state index contributed by atoms with van der Waals surface area (Å²) < 4.78 is 18.3. The summed E-state index contributed by atoms with van der Waals surface area (Å²) in [7, 11) is 0. The molecule has 222 valence electrons. The minimum Gasteiger partial charge on any atom is -0.507 e. The van der Waals surface area contributed by atoms with Gasteiger partial charge in [-0.15, -0.1) is 0 Å². The van der Waals surface area contributed by atoms with E-state index in [2.05, 4.69) is 13.8 Å². The zero-order valence-corrected chi connectivity index (χ0v) is 25.4. The molecule has 1 fully saturated rings. The summed E-state index contributed by atoms with van der Waals surface area (Å²) in [6, 6.07) is 17.3. The van der Waals surface area contributed by atoms with E-state index in [9.17, 15) is 14.7 Å². The number of fused-ring (bicyclic) bond motifs is 2. The molecule has 4 aromatic rings. The van der Waals surface area contributed by atoms with Crippen molar-refractivity contribution in [1.29, 1.82) is 0 Å². The van der Waals surface area contributed by atoms with Gasteiger partial charge < -0.3 is 19.3 Å². The summed E-state index contributed by atoms with van der Waals surface area (Å²) in [5.41, 5.74) is 2.72. The topological polar surface area (TPSA) is 98.2 Å². The molecule has 2 atom stereocenters. The van der Waals surface area contributed by atoms with E-state index in [1.807, 2.05) is 62.4 Å². The molecule has 43 heavy (non-hydrogen) atoms. The lowest BCUT2D eigenvalue weighted by atomic mass is 9.94. The van der Waals surface area contributed by atoms with Gasteiger partial charge in [0, 0.05) is 12.0 Å². The highest BCUT2D eigenvalue weighted by atomic mass is 32.1. The second-order valence-corrected chi connectivity index (χ2v) is 12.3. The zero-order chi connectivity index (χ0) is 30.2. The Bertz CT molecular complexity index is 1740. The van der Waals surface area contributed by atoms with Crippen LogP contribution in [0.5, 0.6) is 17.2 Å². The molecule has 0 radical (unpaired) electrons. The first kappa shape index (κ1) is 28.7. The molecule has 8 nitrogen and oxygen atoms in total. The molecule has 1 amide bonds. The molecule has 1 saturated heterocycles. The van der Waals surface area contributed by atoms with Gasteiger partial charge in [0.1, 0.15) is 29.1 Å². The molecule has 9 heteroatoms. The molecule has 1 aromatic heterocycles. The van der Waals surface area contributed by atoms with Crippen LogP contribution in [-0.2, 0) is 16.0 Å². The van der Waals surface area contributed by atoms with Crippen molar-refractivity contribution < 1.29 is 28.9 Å². The number of amides is 1. The number of anilines is 1. The summed E-state index contributed by atoms with van der Waals surface area (Å²) in [6.07, 6.45) is 1.61. The molecule has 0 bridgehead atoms. The number of thiazole rings is 1. The number of aliphatic hydroxyl groups is 1. The maximum Gasteiger partial charge on any atom is 0.301 e. The van der Waals surface area contributed by atoms with Crippen LogP contribution in [0.4, 0.5) is 5.13 Å². The number of benzene rings is 3. The maximum atomic E-state index is 13.8. The van der Waals surface area contributed by atoms with Gasteiger partial charge in [-0.05, 0) is 85.8 Å². The van der Waals surface area contributed by atoms with Crippen molar-refractivity contribution in [1.82, 2.24) is 4.98 Å². The molecule has 0 aliphatic carbocycles. The van der Waals surface area contributed by atoms with Crippen molar-refractivity contribution >= 4 is 44.1 Å². The van der Waals surface area contributed by atoms with Crippen molar-refractivity contribution in [3.05, 3.63) is 82.9 Å². The van der Waals surface area contributed by atoms with Crippen LogP contribution in [0, 0.1) is 5.92 Å². The first-order chi connectivity index (χ1) is 20.7. The number of aliphatic hydroxyl groups excluding tert-OH is 1. The van der Waals surface area contributed by atoms with Crippen LogP contribution in [0.3, 0.4) is 0 Å². The number of hydrogen-bond acceptors (Lipinski definition) is 8. The third-order valence-corrected chi connectivity index (χ3v) is 8.63. The maximum absolute atomic E-state index is 13.8. The summed E-state index contributed by atoms with van der Waals surface area (Å²) in [5, 5.41) is 12.0. The van der Waals surface area contributed by atoms with E-state index in [-0.39, 0.29) is 17.4 Å². The van der Waals surface area contributed by atoms with Gasteiger partial charge in [-0.2, -0.15) is 0 Å². The Labute approximate surface area is 254 Å². The molecule has 0 unspecified atom stereocenters. The van der Waals surface area contributed by atoms with Gasteiger partial charge in [0.2, 0.25) is 0 Å². The van der Waals surface area contributed by atoms with Crippen LogP contribution in [0.2, 0.25) is 0 Å². The second-order valence-electron chi connectivity index (χ2n) is 11.3. The van der Waals surface area contributed by atoms with Crippen molar-refractivity contribution in [2.45, 2.75) is 52.7 Å². The fourth-order valence-corrected chi connectivity index (χ4v) is 6.53. The Hall–Kier alpha value is -4.37. The smallest absolute Gasteiger partial charge is 0.301 e. The third-order valence-electron chi connectivity index (χ3n) is 7.62. The summed E-state index contributed by atoms with van der Waals surface area (Å²) >= 11 is 1.30. The first-order valence-electron chi connectivity index (χ1n) is 14.6. The zero-order valence-electron chi connectivity index (χ0n) is 24.6. The minimum absolute atomic E-state index is 0.00510. The van der Waals surface area contributed by atoms with E-state index in [1.54, 1.807) is 12.1 Å². The second kappa shape index (κ2) is 11.7. The molecule has 3 heterocycles. The Morgan fingerprint density at radius 2 is 1.91 bits per heavy atom. The molecular weight excluding hydrogens is 564 g/mol. The number of ketones is 1. The fraction of sp³-hybridized carbons (Fsp3) is 0.324. The minimum atomic E-state index is -0.913. The van der Waals surface area contributed by atoms with Gasteiger partial charge in [0.15, 0.2) is 5.13 Å².